The van der Waals surface area contributed by atoms with Gasteiger partial charge in [-0.05, 0) is 18.6 Å². The Hall–Kier alpha value is -1.83. The molecule has 1 aliphatic rings. The molecule has 7 nitrogen and oxygen atoms in total. The summed E-state index contributed by atoms with van der Waals surface area (Å²) in [6.45, 7) is 4.80. The van der Waals surface area contributed by atoms with Crippen molar-refractivity contribution in [2.75, 3.05) is 39.6 Å². The van der Waals surface area contributed by atoms with Gasteiger partial charge in [-0.3, -0.25) is 0 Å². The first kappa shape index (κ1) is 26.4. The van der Waals surface area contributed by atoms with Crippen molar-refractivity contribution in [3.05, 3.63) is 24.3 Å². The van der Waals surface area contributed by atoms with E-state index in [-0.39, 0.29) is 12.7 Å². The smallest absolute Gasteiger partial charge is 0.332 e. The number of para-hydroxylation sites is 2. The molecule has 0 aromatic heterocycles. The third kappa shape index (κ3) is 11.2. The number of hydrogen-bond donors (Lipinski definition) is 1. The minimum Gasteiger partial charge on any atom is -0.490 e. The molecule has 1 aliphatic heterocycles. The summed E-state index contributed by atoms with van der Waals surface area (Å²) in [7, 11) is 0. The first-order valence-corrected chi connectivity index (χ1v) is 12.1. The summed E-state index contributed by atoms with van der Waals surface area (Å²) in [5.74, 6) is 0.552. The quantitative estimate of drug-likeness (QED) is 0.480. The highest BCUT2D eigenvalue weighted by Crippen LogP contribution is 2.26. The zero-order valence-electron chi connectivity index (χ0n) is 19.5. The molecule has 2 unspecified atom stereocenters. The lowest BCUT2D eigenvalue weighted by Crippen LogP contribution is -2.32. The van der Waals surface area contributed by atoms with Crippen molar-refractivity contribution in [1.82, 2.24) is 0 Å². The van der Waals surface area contributed by atoms with Crippen LogP contribution in [0.4, 0.5) is 0 Å². The number of hydrogen-bond acceptors (Lipinski definition) is 6. The molecule has 7 heteroatoms. The molecule has 2 atom stereocenters. The van der Waals surface area contributed by atoms with E-state index in [0.717, 1.165) is 37.2 Å². The Balaban J connectivity index is 1.75. The van der Waals surface area contributed by atoms with E-state index in [2.05, 4.69) is 6.92 Å². The number of benzene rings is 1. The number of carbonyl (C=O) groups is 1. The second-order valence-corrected chi connectivity index (χ2v) is 8.14. The van der Waals surface area contributed by atoms with Crippen LogP contribution in [0.2, 0.25) is 0 Å². The Morgan fingerprint density at radius 1 is 1.00 bits per heavy atom. The van der Waals surface area contributed by atoms with Crippen molar-refractivity contribution in [3.63, 3.8) is 0 Å². The van der Waals surface area contributed by atoms with Crippen molar-refractivity contribution < 1.29 is 33.6 Å². The summed E-state index contributed by atoms with van der Waals surface area (Å²) >= 11 is 0. The van der Waals surface area contributed by atoms with E-state index in [0.29, 0.717) is 45.9 Å². The molecule has 182 valence electrons. The molecule has 2 rings (SSSR count). The molecular formula is C25H40O7. The van der Waals surface area contributed by atoms with Crippen molar-refractivity contribution in [3.8, 4) is 11.5 Å². The number of rotatable bonds is 11. The van der Waals surface area contributed by atoms with E-state index in [1.165, 1.54) is 19.3 Å². The first-order chi connectivity index (χ1) is 15.7. The van der Waals surface area contributed by atoms with Gasteiger partial charge < -0.3 is 28.8 Å². The lowest BCUT2D eigenvalue weighted by atomic mass is 10.1. The summed E-state index contributed by atoms with van der Waals surface area (Å²) in [4.78, 5) is 11.6. The molecule has 0 saturated heterocycles. The second-order valence-electron chi connectivity index (χ2n) is 8.14. The monoisotopic (exact) mass is 452 g/mol. The van der Waals surface area contributed by atoms with Crippen LogP contribution in [0.1, 0.15) is 64.7 Å². The Kier molecular flexibility index (Phi) is 13.8. The summed E-state index contributed by atoms with van der Waals surface area (Å²) in [5, 5.41) is 9.51. The predicted molar refractivity (Wildman–Crippen MR) is 123 cm³/mol. The molecule has 32 heavy (non-hydrogen) atoms. The summed E-state index contributed by atoms with van der Waals surface area (Å²) < 4.78 is 29.0. The molecular weight excluding hydrogens is 412 g/mol. The van der Waals surface area contributed by atoms with Gasteiger partial charge in [-0.25, -0.2) is 4.79 Å². The lowest BCUT2D eigenvalue weighted by Gasteiger charge is -2.22. The summed E-state index contributed by atoms with van der Waals surface area (Å²) in [6.07, 6.45) is 7.56. The molecule has 0 radical (unpaired) electrons. The van der Waals surface area contributed by atoms with Gasteiger partial charge in [-0.15, -0.1) is 0 Å². The molecule has 0 fully saturated rings. The molecule has 0 bridgehead atoms. The number of ether oxygens (including phenoxy) is 5. The van der Waals surface area contributed by atoms with E-state index >= 15 is 0 Å². The standard InChI is InChI=1S/C25H40O7/c1-2-3-4-5-6-7-14-24(25(26)27)32-20-21-19-28-15-10-17-30-22-12-8-9-13-23(22)31-18-11-16-29-21/h8-9,12-13,21,24H,2-7,10-11,14-20H2,1H3,(H,26,27). The predicted octanol–water partition coefficient (Wildman–Crippen LogP) is 4.86. The number of fused-ring (bicyclic) bond motifs is 1. The summed E-state index contributed by atoms with van der Waals surface area (Å²) in [6, 6.07) is 7.63. The minimum absolute atomic E-state index is 0.201. The van der Waals surface area contributed by atoms with Gasteiger partial charge >= 0.3 is 5.97 Å². The molecule has 1 aromatic carbocycles. The zero-order valence-corrected chi connectivity index (χ0v) is 19.5. The number of aliphatic carboxylic acids is 1. The van der Waals surface area contributed by atoms with Crippen LogP contribution in [0.3, 0.4) is 0 Å². The third-order valence-electron chi connectivity index (χ3n) is 5.32. The maximum absolute atomic E-state index is 11.6. The van der Waals surface area contributed by atoms with Gasteiger partial charge in [-0.1, -0.05) is 57.6 Å². The van der Waals surface area contributed by atoms with Crippen molar-refractivity contribution >= 4 is 5.97 Å². The molecule has 0 spiro atoms. The molecule has 1 heterocycles. The summed E-state index contributed by atoms with van der Waals surface area (Å²) in [5.41, 5.74) is 0. The largest absolute Gasteiger partial charge is 0.490 e. The first-order valence-electron chi connectivity index (χ1n) is 12.1. The Morgan fingerprint density at radius 2 is 1.66 bits per heavy atom. The van der Waals surface area contributed by atoms with Gasteiger partial charge in [0, 0.05) is 19.4 Å². The minimum atomic E-state index is -0.912. The van der Waals surface area contributed by atoms with Crippen LogP contribution in [-0.2, 0) is 19.0 Å². The Labute approximate surface area is 192 Å². The lowest BCUT2D eigenvalue weighted by molar-refractivity contribution is -0.155. The van der Waals surface area contributed by atoms with Gasteiger partial charge in [0.2, 0.25) is 0 Å². The Bertz CT molecular complexity index is 622. The van der Waals surface area contributed by atoms with Crippen molar-refractivity contribution in [2.45, 2.75) is 76.9 Å². The maximum Gasteiger partial charge on any atom is 0.332 e. The fourth-order valence-corrected chi connectivity index (χ4v) is 3.49. The SMILES string of the molecule is CCCCCCCCC(OCC1COCCCOc2ccccc2OCCCO1)C(=O)O. The average Bonchev–Trinajstić information content (AvgIpc) is 2.79. The van der Waals surface area contributed by atoms with Crippen LogP contribution in [0, 0.1) is 0 Å². The van der Waals surface area contributed by atoms with Gasteiger partial charge in [0.25, 0.3) is 0 Å². The number of unbranched alkanes of at least 4 members (excludes halogenated alkanes) is 5. The molecule has 0 aliphatic carbocycles. The fraction of sp³-hybridized carbons (Fsp3) is 0.720. The van der Waals surface area contributed by atoms with Gasteiger partial charge in [0.05, 0.1) is 33.0 Å². The molecule has 1 N–H and O–H groups in total. The normalized spacial score (nSPS) is 19.1. The van der Waals surface area contributed by atoms with Gasteiger partial charge in [0.1, 0.15) is 6.10 Å². The topological polar surface area (TPSA) is 83.5 Å². The average molecular weight is 453 g/mol. The maximum atomic E-state index is 11.6. The molecule has 0 amide bonds. The molecule has 0 saturated carbocycles. The van der Waals surface area contributed by atoms with Crippen LogP contribution >= 0.6 is 0 Å². The van der Waals surface area contributed by atoms with E-state index in [1.807, 2.05) is 24.3 Å². The van der Waals surface area contributed by atoms with Crippen LogP contribution in [0.15, 0.2) is 24.3 Å². The third-order valence-corrected chi connectivity index (χ3v) is 5.32. The fourth-order valence-electron chi connectivity index (χ4n) is 3.49. The van der Waals surface area contributed by atoms with Crippen LogP contribution in [-0.4, -0.2) is 62.9 Å². The highest BCUT2D eigenvalue weighted by Gasteiger charge is 2.21. The van der Waals surface area contributed by atoms with Crippen LogP contribution in [0.5, 0.6) is 11.5 Å². The second kappa shape index (κ2) is 16.8. The number of carboxylic acid groups (broad SMARTS) is 1. The molecule has 1 aromatic rings. The van der Waals surface area contributed by atoms with E-state index < -0.39 is 12.1 Å². The van der Waals surface area contributed by atoms with Crippen molar-refractivity contribution in [2.24, 2.45) is 0 Å². The van der Waals surface area contributed by atoms with Gasteiger partial charge in [0.15, 0.2) is 17.6 Å². The van der Waals surface area contributed by atoms with E-state index in [4.69, 9.17) is 23.7 Å². The van der Waals surface area contributed by atoms with E-state index in [1.54, 1.807) is 0 Å². The van der Waals surface area contributed by atoms with Crippen LogP contribution in [0.25, 0.3) is 0 Å². The highest BCUT2D eigenvalue weighted by atomic mass is 16.6. The Morgan fingerprint density at radius 3 is 2.34 bits per heavy atom. The van der Waals surface area contributed by atoms with E-state index in [9.17, 15) is 9.90 Å². The van der Waals surface area contributed by atoms with Crippen LogP contribution < -0.4 is 9.47 Å². The highest BCUT2D eigenvalue weighted by molar-refractivity contribution is 5.72. The number of carboxylic acids is 1. The zero-order chi connectivity index (χ0) is 22.9. The van der Waals surface area contributed by atoms with Crippen molar-refractivity contribution in [1.29, 1.82) is 0 Å². The van der Waals surface area contributed by atoms with Gasteiger partial charge in [-0.2, -0.15) is 0 Å².